The van der Waals surface area contributed by atoms with Crippen LogP contribution < -0.4 is 10.2 Å². The maximum Gasteiger partial charge on any atom is 0.0660 e. The van der Waals surface area contributed by atoms with Gasteiger partial charge in [-0.1, -0.05) is 35.3 Å². The molecule has 0 spiro atoms. The predicted molar refractivity (Wildman–Crippen MR) is 93.3 cm³/mol. The Morgan fingerprint density at radius 2 is 1.86 bits per heavy atom. The number of halogens is 2. The Hall–Kier alpha value is -1.42. The molecule has 116 valence electrons. The van der Waals surface area contributed by atoms with Crippen LogP contribution in [0.5, 0.6) is 0 Å². The highest BCUT2D eigenvalue weighted by molar-refractivity contribution is 6.33. The summed E-state index contributed by atoms with van der Waals surface area (Å²) in [7, 11) is 0. The predicted octanol–water partition coefficient (Wildman–Crippen LogP) is 4.44. The molecule has 1 aliphatic rings. The van der Waals surface area contributed by atoms with Crippen molar-refractivity contribution >= 4 is 34.6 Å². The Kier molecular flexibility index (Phi) is 5.08. The first-order chi connectivity index (χ1) is 10.7. The molecule has 0 saturated carbocycles. The number of ether oxygens (including phenoxy) is 1. The quantitative estimate of drug-likeness (QED) is 0.893. The molecule has 1 N–H and O–H groups in total. The van der Waals surface area contributed by atoms with E-state index in [-0.39, 0.29) is 0 Å². The van der Waals surface area contributed by atoms with Gasteiger partial charge in [0.2, 0.25) is 0 Å². The molecule has 22 heavy (non-hydrogen) atoms. The highest BCUT2D eigenvalue weighted by Gasteiger charge is 2.14. The summed E-state index contributed by atoms with van der Waals surface area (Å²) in [5.41, 5.74) is 3.21. The van der Waals surface area contributed by atoms with Crippen molar-refractivity contribution in [1.82, 2.24) is 0 Å². The maximum absolute atomic E-state index is 6.43. The number of hydrogen-bond donors (Lipinski definition) is 1. The number of nitrogens with one attached hydrogen (secondary N) is 1. The number of morpholine rings is 1. The molecule has 0 unspecified atom stereocenters. The van der Waals surface area contributed by atoms with Crippen LogP contribution in [0, 0.1) is 0 Å². The van der Waals surface area contributed by atoms with Gasteiger partial charge in [-0.25, -0.2) is 0 Å². The minimum Gasteiger partial charge on any atom is -0.381 e. The standard InChI is InChI=1S/C17H18Cl2N2O/c18-14-3-1-2-13(10-14)12-20-15-4-5-17(16(19)11-15)21-6-8-22-9-7-21/h1-5,10-11,20H,6-9,12H2. The van der Waals surface area contributed by atoms with Gasteiger partial charge in [0.15, 0.2) is 0 Å². The summed E-state index contributed by atoms with van der Waals surface area (Å²) in [5, 5.41) is 4.88. The van der Waals surface area contributed by atoms with Crippen LogP contribution in [0.1, 0.15) is 5.56 Å². The second-order valence-electron chi connectivity index (χ2n) is 5.25. The summed E-state index contributed by atoms with van der Waals surface area (Å²) in [6, 6.07) is 13.9. The fourth-order valence-electron chi connectivity index (χ4n) is 2.53. The summed E-state index contributed by atoms with van der Waals surface area (Å²) in [6.45, 7) is 3.99. The van der Waals surface area contributed by atoms with Crippen molar-refractivity contribution < 1.29 is 4.74 Å². The van der Waals surface area contributed by atoms with Crippen molar-refractivity contribution in [2.45, 2.75) is 6.54 Å². The Labute approximate surface area is 140 Å². The lowest BCUT2D eigenvalue weighted by Crippen LogP contribution is -2.36. The molecular weight excluding hydrogens is 319 g/mol. The Balaban J connectivity index is 1.66. The van der Waals surface area contributed by atoms with Crippen molar-refractivity contribution in [3.8, 4) is 0 Å². The van der Waals surface area contributed by atoms with Gasteiger partial charge in [-0.2, -0.15) is 0 Å². The first kappa shape index (κ1) is 15.5. The Bertz CT molecular complexity index is 642. The largest absolute Gasteiger partial charge is 0.381 e. The summed E-state index contributed by atoms with van der Waals surface area (Å²) < 4.78 is 5.37. The maximum atomic E-state index is 6.43. The molecule has 1 aliphatic heterocycles. The first-order valence-electron chi connectivity index (χ1n) is 7.33. The zero-order valence-corrected chi connectivity index (χ0v) is 13.7. The van der Waals surface area contributed by atoms with Crippen molar-refractivity contribution in [3.63, 3.8) is 0 Å². The Morgan fingerprint density at radius 1 is 1.05 bits per heavy atom. The third-order valence-electron chi connectivity index (χ3n) is 3.69. The van der Waals surface area contributed by atoms with E-state index >= 15 is 0 Å². The molecule has 0 radical (unpaired) electrons. The van der Waals surface area contributed by atoms with Crippen LogP contribution in [0.3, 0.4) is 0 Å². The topological polar surface area (TPSA) is 24.5 Å². The van der Waals surface area contributed by atoms with Crippen LogP contribution in [0.2, 0.25) is 10.0 Å². The van der Waals surface area contributed by atoms with E-state index in [0.29, 0.717) is 6.54 Å². The zero-order valence-electron chi connectivity index (χ0n) is 12.2. The zero-order chi connectivity index (χ0) is 15.4. The molecule has 0 bridgehead atoms. The van der Waals surface area contributed by atoms with Gasteiger partial charge < -0.3 is 15.0 Å². The van der Waals surface area contributed by atoms with E-state index in [1.54, 1.807) is 0 Å². The molecule has 1 heterocycles. The van der Waals surface area contributed by atoms with E-state index < -0.39 is 0 Å². The summed E-state index contributed by atoms with van der Waals surface area (Å²) in [4.78, 5) is 2.26. The highest BCUT2D eigenvalue weighted by atomic mass is 35.5. The fourth-order valence-corrected chi connectivity index (χ4v) is 3.04. The van der Waals surface area contributed by atoms with Crippen LogP contribution >= 0.6 is 23.2 Å². The molecule has 0 aromatic heterocycles. The second kappa shape index (κ2) is 7.23. The number of nitrogens with zero attached hydrogens (tertiary/aromatic N) is 1. The van der Waals surface area contributed by atoms with Crippen LogP contribution in [0.15, 0.2) is 42.5 Å². The van der Waals surface area contributed by atoms with Gasteiger partial charge in [0.25, 0.3) is 0 Å². The van der Waals surface area contributed by atoms with Gasteiger partial charge in [-0.15, -0.1) is 0 Å². The van der Waals surface area contributed by atoms with Gasteiger partial charge >= 0.3 is 0 Å². The van der Waals surface area contributed by atoms with Gasteiger partial charge in [0.05, 0.1) is 23.9 Å². The van der Waals surface area contributed by atoms with E-state index in [2.05, 4.69) is 22.3 Å². The Morgan fingerprint density at radius 3 is 2.59 bits per heavy atom. The lowest BCUT2D eigenvalue weighted by Gasteiger charge is -2.29. The van der Waals surface area contributed by atoms with Crippen molar-refractivity contribution in [2.75, 3.05) is 36.5 Å². The van der Waals surface area contributed by atoms with Crippen LogP contribution in [0.4, 0.5) is 11.4 Å². The van der Waals surface area contributed by atoms with Gasteiger partial charge in [-0.3, -0.25) is 0 Å². The molecule has 2 aromatic carbocycles. The minimum atomic E-state index is 0.716. The fraction of sp³-hybridized carbons (Fsp3) is 0.294. The molecule has 0 atom stereocenters. The van der Waals surface area contributed by atoms with E-state index in [1.807, 2.05) is 30.3 Å². The molecule has 5 heteroatoms. The number of benzene rings is 2. The number of rotatable bonds is 4. The molecule has 0 amide bonds. The van der Waals surface area contributed by atoms with Crippen LogP contribution in [-0.2, 0) is 11.3 Å². The molecule has 3 nitrogen and oxygen atoms in total. The average Bonchev–Trinajstić information content (AvgIpc) is 2.54. The van der Waals surface area contributed by atoms with E-state index in [9.17, 15) is 0 Å². The normalized spacial score (nSPS) is 14.9. The van der Waals surface area contributed by atoms with E-state index in [4.69, 9.17) is 27.9 Å². The SMILES string of the molecule is Clc1cccc(CNc2ccc(N3CCOCC3)c(Cl)c2)c1. The van der Waals surface area contributed by atoms with Gasteiger partial charge in [0.1, 0.15) is 0 Å². The van der Waals surface area contributed by atoms with Crippen molar-refractivity contribution in [2.24, 2.45) is 0 Å². The smallest absolute Gasteiger partial charge is 0.0660 e. The molecular formula is C17H18Cl2N2O. The number of anilines is 2. The first-order valence-corrected chi connectivity index (χ1v) is 8.08. The summed E-state index contributed by atoms with van der Waals surface area (Å²) >= 11 is 12.4. The molecule has 1 fully saturated rings. The third-order valence-corrected chi connectivity index (χ3v) is 4.22. The molecule has 3 rings (SSSR count). The van der Waals surface area contributed by atoms with Gasteiger partial charge in [0, 0.05) is 30.3 Å². The highest BCUT2D eigenvalue weighted by Crippen LogP contribution is 2.29. The van der Waals surface area contributed by atoms with Crippen LogP contribution in [0.25, 0.3) is 0 Å². The van der Waals surface area contributed by atoms with E-state index in [0.717, 1.165) is 53.3 Å². The minimum absolute atomic E-state index is 0.716. The summed E-state index contributed by atoms with van der Waals surface area (Å²) in [6.07, 6.45) is 0. The van der Waals surface area contributed by atoms with Gasteiger partial charge in [-0.05, 0) is 35.9 Å². The van der Waals surface area contributed by atoms with Crippen molar-refractivity contribution in [1.29, 1.82) is 0 Å². The lowest BCUT2D eigenvalue weighted by molar-refractivity contribution is 0.122. The summed E-state index contributed by atoms with van der Waals surface area (Å²) in [5.74, 6) is 0. The van der Waals surface area contributed by atoms with Crippen LogP contribution in [-0.4, -0.2) is 26.3 Å². The molecule has 1 saturated heterocycles. The monoisotopic (exact) mass is 336 g/mol. The molecule has 0 aliphatic carbocycles. The lowest BCUT2D eigenvalue weighted by atomic mass is 10.2. The third kappa shape index (κ3) is 3.86. The van der Waals surface area contributed by atoms with E-state index in [1.165, 1.54) is 0 Å². The molecule has 2 aromatic rings. The second-order valence-corrected chi connectivity index (χ2v) is 6.09. The average molecular weight is 337 g/mol. The van der Waals surface area contributed by atoms with Crippen molar-refractivity contribution in [3.05, 3.63) is 58.1 Å². The number of hydrogen-bond acceptors (Lipinski definition) is 3.